The van der Waals surface area contributed by atoms with Gasteiger partial charge in [-0.05, 0) is 25.5 Å². The topological polar surface area (TPSA) is 83.9 Å². The summed E-state index contributed by atoms with van der Waals surface area (Å²) in [5.41, 5.74) is 2.35. The minimum atomic E-state index is -0.328. The smallest absolute Gasteiger partial charge is 0.261 e. The van der Waals surface area contributed by atoms with Gasteiger partial charge in [0.15, 0.2) is 5.82 Å². The van der Waals surface area contributed by atoms with E-state index in [1.165, 1.54) is 0 Å². The van der Waals surface area contributed by atoms with Gasteiger partial charge in [0.1, 0.15) is 11.4 Å². The first-order valence-corrected chi connectivity index (χ1v) is 9.02. The maximum absolute atomic E-state index is 13.0. The van der Waals surface area contributed by atoms with Crippen molar-refractivity contribution in [2.45, 2.75) is 26.8 Å². The zero-order chi connectivity index (χ0) is 19.0. The van der Waals surface area contributed by atoms with Crippen molar-refractivity contribution in [3.63, 3.8) is 0 Å². The Morgan fingerprint density at radius 2 is 1.85 bits per heavy atom. The number of nitrogens with one attached hydrogen (secondary N) is 1. The summed E-state index contributed by atoms with van der Waals surface area (Å²) in [6, 6.07) is 11.7. The van der Waals surface area contributed by atoms with Gasteiger partial charge in [0.25, 0.3) is 11.5 Å². The highest BCUT2D eigenvalue weighted by atomic mass is 16.2. The quantitative estimate of drug-likeness (QED) is 0.754. The molecule has 27 heavy (non-hydrogen) atoms. The third-order valence-corrected chi connectivity index (χ3v) is 4.92. The summed E-state index contributed by atoms with van der Waals surface area (Å²) >= 11 is 0. The highest BCUT2D eigenvalue weighted by molar-refractivity contribution is 5.95. The number of benzene rings is 1. The standard InChI is InChI=1S/C20H21N5O2/c1-13-12-14(2)21-19(26)17(13)20(27)24-9-8-16-22-23-18(25(16)11-10-24)15-6-4-3-5-7-15/h3-7,12H,8-11H2,1-2H3,(H,21,26). The van der Waals surface area contributed by atoms with Gasteiger partial charge < -0.3 is 14.5 Å². The molecule has 4 rings (SSSR count). The fourth-order valence-corrected chi connectivity index (χ4v) is 3.60. The van der Waals surface area contributed by atoms with Crippen molar-refractivity contribution in [2.24, 2.45) is 0 Å². The van der Waals surface area contributed by atoms with Crippen molar-refractivity contribution in [2.75, 3.05) is 13.1 Å². The Balaban J connectivity index is 1.60. The normalized spacial score (nSPS) is 13.9. The molecule has 0 saturated heterocycles. The van der Waals surface area contributed by atoms with E-state index in [2.05, 4.69) is 19.7 Å². The van der Waals surface area contributed by atoms with E-state index in [-0.39, 0.29) is 17.0 Å². The van der Waals surface area contributed by atoms with Crippen LogP contribution in [0.3, 0.4) is 0 Å². The molecule has 1 aromatic carbocycles. The first kappa shape index (κ1) is 17.2. The second kappa shape index (κ2) is 6.83. The molecular weight excluding hydrogens is 342 g/mol. The van der Waals surface area contributed by atoms with Gasteiger partial charge in [-0.1, -0.05) is 30.3 Å². The van der Waals surface area contributed by atoms with E-state index in [0.717, 1.165) is 22.9 Å². The molecule has 138 valence electrons. The molecule has 0 aliphatic carbocycles. The van der Waals surface area contributed by atoms with Crippen LogP contribution in [0.4, 0.5) is 0 Å². The maximum Gasteiger partial charge on any atom is 0.261 e. The third kappa shape index (κ3) is 3.16. The molecule has 3 heterocycles. The zero-order valence-corrected chi connectivity index (χ0v) is 15.4. The number of fused-ring (bicyclic) bond motifs is 1. The molecule has 1 amide bonds. The third-order valence-electron chi connectivity index (χ3n) is 4.92. The van der Waals surface area contributed by atoms with Crippen molar-refractivity contribution in [1.82, 2.24) is 24.6 Å². The molecule has 7 heteroatoms. The molecule has 2 aromatic heterocycles. The minimum Gasteiger partial charge on any atom is -0.336 e. The van der Waals surface area contributed by atoms with Crippen LogP contribution in [0.25, 0.3) is 11.4 Å². The van der Waals surface area contributed by atoms with Gasteiger partial charge >= 0.3 is 0 Å². The van der Waals surface area contributed by atoms with E-state index in [4.69, 9.17) is 0 Å². The predicted molar refractivity (Wildman–Crippen MR) is 102 cm³/mol. The molecule has 0 fully saturated rings. The number of aromatic nitrogens is 4. The lowest BCUT2D eigenvalue weighted by molar-refractivity contribution is 0.0756. The van der Waals surface area contributed by atoms with Crippen molar-refractivity contribution in [1.29, 1.82) is 0 Å². The van der Waals surface area contributed by atoms with Crippen molar-refractivity contribution in [3.8, 4) is 11.4 Å². The molecule has 0 bridgehead atoms. The van der Waals surface area contributed by atoms with Crippen LogP contribution in [-0.4, -0.2) is 43.6 Å². The Labute approximate surface area is 156 Å². The molecule has 1 aliphatic rings. The van der Waals surface area contributed by atoms with Gasteiger partial charge in [-0.15, -0.1) is 10.2 Å². The van der Waals surface area contributed by atoms with Crippen LogP contribution >= 0.6 is 0 Å². The van der Waals surface area contributed by atoms with Gasteiger partial charge in [-0.2, -0.15) is 0 Å². The SMILES string of the molecule is Cc1cc(C)c(C(=O)N2CCc3nnc(-c4ccccc4)n3CC2)c(=O)[nH]1. The van der Waals surface area contributed by atoms with E-state index in [0.29, 0.717) is 31.6 Å². The fraction of sp³-hybridized carbons (Fsp3) is 0.300. The van der Waals surface area contributed by atoms with Crippen LogP contribution in [0.2, 0.25) is 0 Å². The van der Waals surface area contributed by atoms with Gasteiger partial charge in [-0.3, -0.25) is 9.59 Å². The highest BCUT2D eigenvalue weighted by Gasteiger charge is 2.25. The van der Waals surface area contributed by atoms with E-state index < -0.39 is 0 Å². The number of nitrogens with zero attached hydrogens (tertiary/aromatic N) is 4. The number of aryl methyl sites for hydroxylation is 2. The van der Waals surface area contributed by atoms with Gasteiger partial charge in [0.05, 0.1) is 0 Å². The summed E-state index contributed by atoms with van der Waals surface area (Å²) in [4.78, 5) is 29.8. The lowest BCUT2D eigenvalue weighted by Crippen LogP contribution is -2.37. The Hall–Kier alpha value is -3.22. The Morgan fingerprint density at radius 3 is 2.59 bits per heavy atom. The first-order chi connectivity index (χ1) is 13.0. The van der Waals surface area contributed by atoms with Crippen LogP contribution in [0, 0.1) is 13.8 Å². The van der Waals surface area contributed by atoms with Crippen molar-refractivity contribution in [3.05, 3.63) is 69.4 Å². The monoisotopic (exact) mass is 363 g/mol. The van der Waals surface area contributed by atoms with Gasteiger partial charge in [0, 0.05) is 37.3 Å². The summed E-state index contributed by atoms with van der Waals surface area (Å²) < 4.78 is 2.06. The predicted octanol–water partition coefficient (Wildman–Crippen LogP) is 1.95. The second-order valence-electron chi connectivity index (χ2n) is 6.84. The van der Waals surface area contributed by atoms with Crippen LogP contribution in [-0.2, 0) is 13.0 Å². The minimum absolute atomic E-state index is 0.224. The van der Waals surface area contributed by atoms with Gasteiger partial charge in [0.2, 0.25) is 0 Å². The molecule has 1 N–H and O–H groups in total. The molecule has 1 aliphatic heterocycles. The van der Waals surface area contributed by atoms with E-state index >= 15 is 0 Å². The summed E-state index contributed by atoms with van der Waals surface area (Å²) in [5, 5.41) is 8.64. The molecule has 7 nitrogen and oxygen atoms in total. The molecule has 0 atom stereocenters. The molecule has 0 saturated carbocycles. The van der Waals surface area contributed by atoms with Crippen molar-refractivity contribution >= 4 is 5.91 Å². The number of aromatic amines is 1. The highest BCUT2D eigenvalue weighted by Crippen LogP contribution is 2.20. The Morgan fingerprint density at radius 1 is 1.07 bits per heavy atom. The second-order valence-corrected chi connectivity index (χ2v) is 6.84. The number of hydrogen-bond acceptors (Lipinski definition) is 4. The number of rotatable bonds is 2. The molecule has 0 unspecified atom stereocenters. The van der Waals surface area contributed by atoms with Crippen LogP contribution in [0.1, 0.15) is 27.4 Å². The molecule has 0 spiro atoms. The Kier molecular flexibility index (Phi) is 4.35. The Bertz CT molecular complexity index is 1050. The number of pyridine rings is 1. The average molecular weight is 363 g/mol. The maximum atomic E-state index is 13.0. The average Bonchev–Trinajstić information content (AvgIpc) is 2.93. The van der Waals surface area contributed by atoms with Gasteiger partial charge in [-0.25, -0.2) is 0 Å². The first-order valence-electron chi connectivity index (χ1n) is 9.02. The lowest BCUT2D eigenvalue weighted by Gasteiger charge is -2.20. The van der Waals surface area contributed by atoms with Crippen LogP contribution in [0.15, 0.2) is 41.2 Å². The van der Waals surface area contributed by atoms with Crippen LogP contribution in [0.5, 0.6) is 0 Å². The lowest BCUT2D eigenvalue weighted by atomic mass is 10.1. The molecule has 3 aromatic rings. The number of H-pyrrole nitrogens is 1. The fourth-order valence-electron chi connectivity index (χ4n) is 3.60. The number of amides is 1. The van der Waals surface area contributed by atoms with E-state index in [1.807, 2.05) is 43.3 Å². The zero-order valence-electron chi connectivity index (χ0n) is 15.4. The summed E-state index contributed by atoms with van der Waals surface area (Å²) in [7, 11) is 0. The largest absolute Gasteiger partial charge is 0.336 e. The number of carbonyl (C=O) groups is 1. The van der Waals surface area contributed by atoms with E-state index in [9.17, 15) is 9.59 Å². The van der Waals surface area contributed by atoms with E-state index in [1.54, 1.807) is 11.8 Å². The number of hydrogen-bond donors (Lipinski definition) is 1. The van der Waals surface area contributed by atoms with Crippen LogP contribution < -0.4 is 5.56 Å². The summed E-state index contributed by atoms with van der Waals surface area (Å²) in [6.07, 6.45) is 0.606. The summed E-state index contributed by atoms with van der Waals surface area (Å²) in [5.74, 6) is 1.44. The molecule has 0 radical (unpaired) electrons. The number of carbonyl (C=O) groups excluding carboxylic acids is 1. The summed E-state index contributed by atoms with van der Waals surface area (Å²) in [6.45, 7) is 5.23. The van der Waals surface area contributed by atoms with Crippen molar-refractivity contribution < 1.29 is 4.79 Å². The molecular formula is C20H21N5O2.